The molecule has 2 N–H and O–H groups in total. The first kappa shape index (κ1) is 21.7. The average molecular weight is 433 g/mol. The van der Waals surface area contributed by atoms with Gasteiger partial charge in [-0.1, -0.05) is 23.7 Å². The number of nitrogens with zero attached hydrogens (tertiary/aromatic N) is 3. The van der Waals surface area contributed by atoms with Crippen molar-refractivity contribution in [1.29, 1.82) is 0 Å². The van der Waals surface area contributed by atoms with E-state index in [1.165, 1.54) is 21.4 Å². The maximum atomic E-state index is 13.6. The zero-order chi connectivity index (χ0) is 21.8. The molecule has 0 fully saturated rings. The van der Waals surface area contributed by atoms with Crippen LogP contribution >= 0.6 is 11.6 Å². The number of hydrogen-bond acceptors (Lipinski definition) is 4. The Labute approximate surface area is 177 Å². The molecule has 1 aromatic heterocycles. The highest BCUT2D eigenvalue weighted by Crippen LogP contribution is 2.19. The number of nitrogens with one attached hydrogen (secondary N) is 1. The zero-order valence-corrected chi connectivity index (χ0v) is 17.4. The molecular weight excluding hydrogens is 411 g/mol. The van der Waals surface area contributed by atoms with E-state index < -0.39 is 11.5 Å². The SMILES string of the molecule is CC(C)NC(=O)Cc1nn(-c2ccc(CCO)cc2)c(=O)n1-c1ccc(F)c(Cl)c1. The summed E-state index contributed by atoms with van der Waals surface area (Å²) in [6, 6.07) is 10.8. The lowest BCUT2D eigenvalue weighted by molar-refractivity contribution is -0.121. The molecule has 158 valence electrons. The number of halogens is 2. The number of hydrogen-bond donors (Lipinski definition) is 2. The topological polar surface area (TPSA) is 89.2 Å². The third kappa shape index (κ3) is 4.77. The quantitative estimate of drug-likeness (QED) is 0.600. The number of aliphatic hydroxyl groups is 1. The number of aliphatic hydroxyl groups excluding tert-OH is 1. The lowest BCUT2D eigenvalue weighted by Crippen LogP contribution is -2.32. The van der Waals surface area contributed by atoms with Crippen molar-refractivity contribution in [3.8, 4) is 11.4 Å². The Hall–Kier alpha value is -2.97. The number of rotatable bonds is 7. The first-order chi connectivity index (χ1) is 14.3. The van der Waals surface area contributed by atoms with Gasteiger partial charge in [-0.15, -0.1) is 5.10 Å². The zero-order valence-electron chi connectivity index (χ0n) is 16.6. The third-order valence-corrected chi connectivity index (χ3v) is 4.65. The van der Waals surface area contributed by atoms with Gasteiger partial charge in [-0.2, -0.15) is 4.68 Å². The normalized spacial score (nSPS) is 11.1. The average Bonchev–Trinajstić information content (AvgIpc) is 3.00. The number of carbonyl (C=O) groups is 1. The van der Waals surface area contributed by atoms with E-state index in [0.29, 0.717) is 17.8 Å². The maximum Gasteiger partial charge on any atom is 0.355 e. The molecule has 0 aliphatic carbocycles. The minimum Gasteiger partial charge on any atom is -0.396 e. The van der Waals surface area contributed by atoms with Crippen molar-refractivity contribution in [2.45, 2.75) is 32.7 Å². The molecule has 9 heteroatoms. The number of aromatic nitrogens is 3. The molecule has 0 bridgehead atoms. The van der Waals surface area contributed by atoms with E-state index in [1.807, 2.05) is 13.8 Å². The summed E-state index contributed by atoms with van der Waals surface area (Å²) in [5.74, 6) is -0.713. The van der Waals surface area contributed by atoms with Crippen LogP contribution in [0.25, 0.3) is 11.4 Å². The van der Waals surface area contributed by atoms with Gasteiger partial charge in [0.05, 0.1) is 22.8 Å². The van der Waals surface area contributed by atoms with Crippen LogP contribution in [0.5, 0.6) is 0 Å². The smallest absolute Gasteiger partial charge is 0.355 e. The van der Waals surface area contributed by atoms with Crippen molar-refractivity contribution in [3.05, 3.63) is 75.2 Å². The van der Waals surface area contributed by atoms with Crippen molar-refractivity contribution in [2.75, 3.05) is 6.61 Å². The van der Waals surface area contributed by atoms with Crippen LogP contribution in [0.4, 0.5) is 4.39 Å². The minimum atomic E-state index is -0.612. The predicted molar refractivity (Wildman–Crippen MR) is 112 cm³/mol. The second kappa shape index (κ2) is 9.23. The van der Waals surface area contributed by atoms with Crippen LogP contribution < -0.4 is 11.0 Å². The molecule has 0 spiro atoms. The summed E-state index contributed by atoms with van der Waals surface area (Å²) >= 11 is 5.90. The van der Waals surface area contributed by atoms with Crippen molar-refractivity contribution < 1.29 is 14.3 Å². The lowest BCUT2D eigenvalue weighted by atomic mass is 10.1. The van der Waals surface area contributed by atoms with E-state index >= 15 is 0 Å². The van der Waals surface area contributed by atoms with Gasteiger partial charge >= 0.3 is 5.69 Å². The van der Waals surface area contributed by atoms with Crippen LogP contribution in [0.15, 0.2) is 47.3 Å². The molecule has 1 amide bonds. The van der Waals surface area contributed by atoms with Gasteiger partial charge in [0.2, 0.25) is 5.91 Å². The predicted octanol–water partition coefficient (Wildman–Crippen LogP) is 2.42. The van der Waals surface area contributed by atoms with Crippen LogP contribution in [0, 0.1) is 5.82 Å². The summed E-state index contributed by atoms with van der Waals surface area (Å²) < 4.78 is 16.0. The van der Waals surface area contributed by atoms with Crippen LogP contribution in [0.2, 0.25) is 5.02 Å². The molecule has 0 unspecified atom stereocenters. The van der Waals surface area contributed by atoms with Crippen molar-refractivity contribution >= 4 is 17.5 Å². The molecule has 1 heterocycles. The highest BCUT2D eigenvalue weighted by molar-refractivity contribution is 6.30. The summed E-state index contributed by atoms with van der Waals surface area (Å²) in [4.78, 5) is 25.5. The van der Waals surface area contributed by atoms with Gasteiger partial charge in [0.25, 0.3) is 0 Å². The van der Waals surface area contributed by atoms with Gasteiger partial charge in [-0.25, -0.2) is 13.8 Å². The molecule has 0 saturated carbocycles. The monoisotopic (exact) mass is 432 g/mol. The number of carbonyl (C=O) groups excluding carboxylic acids is 1. The maximum absolute atomic E-state index is 13.6. The summed E-state index contributed by atoms with van der Waals surface area (Å²) in [6.07, 6.45) is 0.357. The van der Waals surface area contributed by atoms with E-state index in [9.17, 15) is 14.0 Å². The van der Waals surface area contributed by atoms with E-state index in [2.05, 4.69) is 10.4 Å². The standard InChI is InChI=1S/C21H22ClFN4O3/c1-13(2)24-20(29)12-19-25-27(15-5-3-14(4-6-15)9-10-28)21(30)26(19)16-7-8-18(23)17(22)11-16/h3-8,11,13,28H,9-10,12H2,1-2H3,(H,24,29). The van der Waals surface area contributed by atoms with Gasteiger partial charge in [0.15, 0.2) is 0 Å². The van der Waals surface area contributed by atoms with Crippen molar-refractivity contribution in [3.63, 3.8) is 0 Å². The molecule has 2 aromatic carbocycles. The largest absolute Gasteiger partial charge is 0.396 e. The highest BCUT2D eigenvalue weighted by Gasteiger charge is 2.20. The Bertz CT molecular complexity index is 1110. The fourth-order valence-corrected chi connectivity index (χ4v) is 3.20. The first-order valence-corrected chi connectivity index (χ1v) is 9.84. The van der Waals surface area contributed by atoms with Gasteiger partial charge in [0, 0.05) is 12.6 Å². The Morgan fingerprint density at radius 2 is 1.87 bits per heavy atom. The number of benzene rings is 2. The molecule has 30 heavy (non-hydrogen) atoms. The Balaban J connectivity index is 2.09. The van der Waals surface area contributed by atoms with Gasteiger partial charge < -0.3 is 10.4 Å². The van der Waals surface area contributed by atoms with Crippen LogP contribution in [0.1, 0.15) is 25.2 Å². The van der Waals surface area contributed by atoms with E-state index in [0.717, 1.165) is 11.6 Å². The first-order valence-electron chi connectivity index (χ1n) is 9.46. The Morgan fingerprint density at radius 1 is 1.20 bits per heavy atom. The molecule has 7 nitrogen and oxygen atoms in total. The molecule has 0 aliphatic rings. The molecule has 0 radical (unpaired) electrons. The van der Waals surface area contributed by atoms with Crippen LogP contribution in [-0.2, 0) is 17.6 Å². The van der Waals surface area contributed by atoms with Crippen molar-refractivity contribution in [1.82, 2.24) is 19.7 Å². The summed E-state index contributed by atoms with van der Waals surface area (Å²) in [5, 5.41) is 16.0. The van der Waals surface area contributed by atoms with Crippen LogP contribution in [0.3, 0.4) is 0 Å². The van der Waals surface area contributed by atoms with Gasteiger partial charge in [0.1, 0.15) is 11.6 Å². The number of amides is 1. The highest BCUT2D eigenvalue weighted by atomic mass is 35.5. The molecule has 3 aromatic rings. The third-order valence-electron chi connectivity index (χ3n) is 4.36. The fraction of sp³-hybridized carbons (Fsp3) is 0.286. The molecule has 3 rings (SSSR count). The lowest BCUT2D eigenvalue weighted by Gasteiger charge is -2.09. The van der Waals surface area contributed by atoms with Crippen molar-refractivity contribution in [2.24, 2.45) is 0 Å². The van der Waals surface area contributed by atoms with Gasteiger partial charge in [-0.05, 0) is 56.2 Å². The van der Waals surface area contributed by atoms with Gasteiger partial charge in [-0.3, -0.25) is 4.79 Å². The van der Waals surface area contributed by atoms with E-state index in [1.54, 1.807) is 24.3 Å². The molecule has 0 saturated heterocycles. The second-order valence-corrected chi connectivity index (χ2v) is 7.49. The van der Waals surface area contributed by atoms with E-state index in [-0.39, 0.29) is 35.8 Å². The fourth-order valence-electron chi connectivity index (χ4n) is 3.02. The summed E-state index contributed by atoms with van der Waals surface area (Å²) in [5.41, 5.74) is 1.21. The Morgan fingerprint density at radius 3 is 2.47 bits per heavy atom. The Kier molecular flexibility index (Phi) is 6.69. The molecule has 0 aliphatic heterocycles. The van der Waals surface area contributed by atoms with E-state index in [4.69, 9.17) is 16.7 Å². The van der Waals surface area contributed by atoms with Crippen LogP contribution in [-0.4, -0.2) is 38.0 Å². The molecular formula is C21H22ClFN4O3. The molecule has 0 atom stereocenters. The minimum absolute atomic E-state index is 0.0222. The second-order valence-electron chi connectivity index (χ2n) is 7.08. The summed E-state index contributed by atoms with van der Waals surface area (Å²) in [6.45, 7) is 3.68. The summed E-state index contributed by atoms with van der Waals surface area (Å²) in [7, 11) is 0.